The van der Waals surface area contributed by atoms with Crippen molar-refractivity contribution in [3.8, 4) is 0 Å². The van der Waals surface area contributed by atoms with Gasteiger partial charge in [-0.3, -0.25) is 9.89 Å². The second-order valence-electron chi connectivity index (χ2n) is 4.35. The van der Waals surface area contributed by atoms with E-state index < -0.39 is 5.82 Å². The second-order valence-corrected chi connectivity index (χ2v) is 4.35. The molecule has 2 heterocycles. The summed E-state index contributed by atoms with van der Waals surface area (Å²) in [7, 11) is 1.65. The lowest BCUT2D eigenvalue weighted by Crippen LogP contribution is -2.27. The summed E-state index contributed by atoms with van der Waals surface area (Å²) in [4.78, 5) is 17.8. The van der Waals surface area contributed by atoms with E-state index in [9.17, 15) is 9.18 Å². The molecule has 0 aromatic carbocycles. The summed E-state index contributed by atoms with van der Waals surface area (Å²) in [5.41, 5.74) is 1.09. The Bertz CT molecular complexity index is 584. The van der Waals surface area contributed by atoms with Gasteiger partial charge in [0.2, 0.25) is 0 Å². The number of amides is 1. The third-order valence-electron chi connectivity index (χ3n) is 2.75. The van der Waals surface area contributed by atoms with E-state index in [1.54, 1.807) is 19.4 Å². The smallest absolute Gasteiger partial charge is 0.257 e. The lowest BCUT2D eigenvalue weighted by atomic mass is 10.2. The van der Waals surface area contributed by atoms with Crippen LogP contribution in [0.5, 0.6) is 0 Å². The number of hydrogen-bond acceptors (Lipinski definition) is 4. The Morgan fingerprint density at radius 2 is 2.30 bits per heavy atom. The monoisotopic (exact) mass is 277 g/mol. The number of anilines is 1. The number of carbonyl (C=O) groups excluding carboxylic acids is 1. The van der Waals surface area contributed by atoms with E-state index in [0.717, 1.165) is 11.8 Å². The van der Waals surface area contributed by atoms with Crippen LogP contribution in [0, 0.1) is 5.82 Å². The average Bonchev–Trinajstić information content (AvgIpc) is 2.93. The summed E-state index contributed by atoms with van der Waals surface area (Å²) in [6.45, 7) is 2.87. The molecule has 0 saturated carbocycles. The molecule has 2 rings (SSSR count). The quantitative estimate of drug-likeness (QED) is 0.871. The number of aromatic amines is 1. The van der Waals surface area contributed by atoms with Gasteiger partial charge in [-0.15, -0.1) is 0 Å². The number of pyridine rings is 1. The molecule has 0 unspecified atom stereocenters. The molecule has 7 heteroatoms. The first-order valence-electron chi connectivity index (χ1n) is 6.24. The molecule has 0 fully saturated rings. The van der Waals surface area contributed by atoms with E-state index in [1.807, 2.05) is 6.92 Å². The van der Waals surface area contributed by atoms with Crippen molar-refractivity contribution in [2.24, 2.45) is 0 Å². The van der Waals surface area contributed by atoms with E-state index in [0.29, 0.717) is 18.9 Å². The Morgan fingerprint density at radius 1 is 1.50 bits per heavy atom. The van der Waals surface area contributed by atoms with Gasteiger partial charge < -0.3 is 10.2 Å². The predicted octanol–water partition coefficient (Wildman–Crippen LogP) is 1.65. The number of H-pyrrole nitrogens is 1. The van der Waals surface area contributed by atoms with Crippen molar-refractivity contribution in [2.45, 2.75) is 13.5 Å². The first-order valence-corrected chi connectivity index (χ1v) is 6.24. The summed E-state index contributed by atoms with van der Waals surface area (Å²) in [5.74, 6) is -0.446. The molecule has 0 aliphatic heterocycles. The molecule has 1 amide bonds. The fourth-order valence-electron chi connectivity index (χ4n) is 1.83. The SMILES string of the molecule is CCNc1ncc(F)cc1C(=O)N(C)Cc1cn[nH]c1. The van der Waals surface area contributed by atoms with Crippen LogP contribution in [0.3, 0.4) is 0 Å². The highest BCUT2D eigenvalue weighted by Gasteiger charge is 2.18. The van der Waals surface area contributed by atoms with Gasteiger partial charge in [0.1, 0.15) is 11.6 Å². The number of aromatic nitrogens is 3. The van der Waals surface area contributed by atoms with E-state index in [-0.39, 0.29) is 11.5 Å². The minimum Gasteiger partial charge on any atom is -0.370 e. The van der Waals surface area contributed by atoms with Gasteiger partial charge in [0.25, 0.3) is 5.91 Å². The van der Waals surface area contributed by atoms with Crippen molar-refractivity contribution in [2.75, 3.05) is 18.9 Å². The van der Waals surface area contributed by atoms with Crippen molar-refractivity contribution in [1.29, 1.82) is 0 Å². The van der Waals surface area contributed by atoms with E-state index in [4.69, 9.17) is 0 Å². The molecule has 0 spiro atoms. The van der Waals surface area contributed by atoms with Gasteiger partial charge >= 0.3 is 0 Å². The highest BCUT2D eigenvalue weighted by atomic mass is 19.1. The Kier molecular flexibility index (Phi) is 4.29. The fourth-order valence-corrected chi connectivity index (χ4v) is 1.83. The van der Waals surface area contributed by atoms with Crippen molar-refractivity contribution < 1.29 is 9.18 Å². The molecular formula is C13H16FN5O. The van der Waals surface area contributed by atoms with Crippen LogP contribution in [0.2, 0.25) is 0 Å². The third kappa shape index (κ3) is 3.11. The van der Waals surface area contributed by atoms with Crippen molar-refractivity contribution in [3.63, 3.8) is 0 Å². The number of nitrogens with zero attached hydrogens (tertiary/aromatic N) is 3. The summed E-state index contributed by atoms with van der Waals surface area (Å²) in [5, 5.41) is 9.46. The van der Waals surface area contributed by atoms with Crippen molar-refractivity contribution in [3.05, 3.63) is 41.6 Å². The molecule has 2 aromatic rings. The van der Waals surface area contributed by atoms with Crippen molar-refractivity contribution >= 4 is 11.7 Å². The number of halogens is 1. The molecule has 6 nitrogen and oxygen atoms in total. The summed E-state index contributed by atoms with van der Waals surface area (Å²) in [6.07, 6.45) is 4.43. The fraction of sp³-hybridized carbons (Fsp3) is 0.308. The maximum Gasteiger partial charge on any atom is 0.257 e. The molecule has 0 radical (unpaired) electrons. The summed E-state index contributed by atoms with van der Waals surface area (Å²) < 4.78 is 13.3. The molecular weight excluding hydrogens is 261 g/mol. The zero-order valence-electron chi connectivity index (χ0n) is 11.4. The summed E-state index contributed by atoms with van der Waals surface area (Å²) >= 11 is 0. The topological polar surface area (TPSA) is 73.9 Å². The number of rotatable bonds is 5. The molecule has 0 atom stereocenters. The van der Waals surface area contributed by atoms with Crippen LogP contribution >= 0.6 is 0 Å². The van der Waals surface area contributed by atoms with Gasteiger partial charge in [0, 0.05) is 31.9 Å². The molecule has 2 N–H and O–H groups in total. The number of carbonyl (C=O) groups is 1. The highest BCUT2D eigenvalue weighted by Crippen LogP contribution is 2.16. The van der Waals surface area contributed by atoms with Gasteiger partial charge in [0.15, 0.2) is 0 Å². The first kappa shape index (κ1) is 14.0. The van der Waals surface area contributed by atoms with Gasteiger partial charge in [-0.25, -0.2) is 9.37 Å². The van der Waals surface area contributed by atoms with E-state index >= 15 is 0 Å². The van der Waals surface area contributed by atoms with Crippen LogP contribution in [0.4, 0.5) is 10.2 Å². The standard InChI is InChI=1S/C13H16FN5O/c1-3-15-12-11(4-10(14)7-16-12)13(20)19(2)8-9-5-17-18-6-9/h4-7H,3,8H2,1-2H3,(H,15,16)(H,17,18). The van der Waals surface area contributed by atoms with Crippen molar-refractivity contribution in [1.82, 2.24) is 20.1 Å². The Morgan fingerprint density at radius 3 is 2.95 bits per heavy atom. The maximum absolute atomic E-state index is 13.3. The molecule has 106 valence electrons. The van der Waals surface area contributed by atoms with Crippen LogP contribution < -0.4 is 5.32 Å². The van der Waals surface area contributed by atoms with Crippen LogP contribution in [0.25, 0.3) is 0 Å². The predicted molar refractivity (Wildman–Crippen MR) is 72.7 cm³/mol. The molecule has 0 aliphatic rings. The second kappa shape index (κ2) is 6.14. The van der Waals surface area contributed by atoms with Gasteiger partial charge in [-0.05, 0) is 13.0 Å². The van der Waals surface area contributed by atoms with Gasteiger partial charge in [-0.2, -0.15) is 5.10 Å². The third-order valence-corrected chi connectivity index (χ3v) is 2.75. The first-order chi connectivity index (χ1) is 9.61. The van der Waals surface area contributed by atoms with Gasteiger partial charge in [-0.1, -0.05) is 0 Å². The largest absolute Gasteiger partial charge is 0.370 e. The van der Waals surface area contributed by atoms with Crippen LogP contribution in [0.15, 0.2) is 24.7 Å². The van der Waals surface area contributed by atoms with Gasteiger partial charge in [0.05, 0.1) is 18.0 Å². The zero-order chi connectivity index (χ0) is 14.5. The Hall–Kier alpha value is -2.44. The molecule has 0 aliphatic carbocycles. The van der Waals surface area contributed by atoms with Crippen LogP contribution in [-0.4, -0.2) is 39.6 Å². The molecule has 0 bridgehead atoms. The number of hydrogen-bond donors (Lipinski definition) is 2. The van der Waals surface area contributed by atoms with E-state index in [1.165, 1.54) is 11.0 Å². The lowest BCUT2D eigenvalue weighted by Gasteiger charge is -2.18. The Labute approximate surface area is 116 Å². The van der Waals surface area contributed by atoms with E-state index in [2.05, 4.69) is 20.5 Å². The lowest BCUT2D eigenvalue weighted by molar-refractivity contribution is 0.0785. The van der Waals surface area contributed by atoms with Crippen LogP contribution in [0.1, 0.15) is 22.8 Å². The minimum absolute atomic E-state index is 0.220. The normalized spacial score (nSPS) is 10.3. The Balaban J connectivity index is 2.21. The average molecular weight is 277 g/mol. The zero-order valence-corrected chi connectivity index (χ0v) is 11.4. The van der Waals surface area contributed by atoms with Crippen LogP contribution in [-0.2, 0) is 6.54 Å². The molecule has 0 saturated heterocycles. The molecule has 2 aromatic heterocycles. The number of nitrogens with one attached hydrogen (secondary N) is 2. The maximum atomic E-state index is 13.3. The summed E-state index contributed by atoms with van der Waals surface area (Å²) in [6, 6.07) is 1.19. The minimum atomic E-state index is -0.535. The molecule has 20 heavy (non-hydrogen) atoms. The highest BCUT2D eigenvalue weighted by molar-refractivity contribution is 5.98.